The number of hydrazine groups is 1. The lowest BCUT2D eigenvalue weighted by molar-refractivity contribution is -0.144. The standard InChI is InChI=1S/C26H38N4O3.C2H6/c1-3-4-5-8-22-16-29(17-25(32)28-13-6-7-20(15-28)18-31)26(33)24-14-23(27-30(22)24)21-11-9-19(2)10-12-21;1-2/h9-12,14,20,22-23,27,31H,3-8,13,15-18H2,1-2H3;1-2H3. The van der Waals surface area contributed by atoms with Gasteiger partial charge in [-0.3, -0.25) is 14.6 Å². The second kappa shape index (κ2) is 13.1. The highest BCUT2D eigenvalue weighted by atomic mass is 16.3. The van der Waals surface area contributed by atoms with E-state index in [0.717, 1.165) is 44.1 Å². The molecule has 0 radical (unpaired) electrons. The predicted molar refractivity (Wildman–Crippen MR) is 139 cm³/mol. The molecule has 194 valence electrons. The van der Waals surface area contributed by atoms with Crippen LogP contribution in [0.5, 0.6) is 0 Å². The molecular weight excluding hydrogens is 440 g/mol. The van der Waals surface area contributed by atoms with E-state index in [-0.39, 0.29) is 43.0 Å². The highest BCUT2D eigenvalue weighted by Gasteiger charge is 2.41. The van der Waals surface area contributed by atoms with Crippen LogP contribution >= 0.6 is 0 Å². The molecule has 7 nitrogen and oxygen atoms in total. The van der Waals surface area contributed by atoms with Crippen molar-refractivity contribution in [2.45, 2.75) is 78.3 Å². The average molecular weight is 485 g/mol. The first-order valence-electron chi connectivity index (χ1n) is 13.5. The molecule has 2 fully saturated rings. The molecule has 3 atom stereocenters. The summed E-state index contributed by atoms with van der Waals surface area (Å²) < 4.78 is 0. The Balaban J connectivity index is 0.00000167. The maximum absolute atomic E-state index is 13.4. The minimum atomic E-state index is -0.0760. The number of nitrogens with one attached hydrogen (secondary N) is 1. The van der Waals surface area contributed by atoms with E-state index in [9.17, 15) is 14.7 Å². The van der Waals surface area contributed by atoms with Crippen molar-refractivity contribution in [3.63, 3.8) is 0 Å². The number of aliphatic hydroxyl groups is 1. The van der Waals surface area contributed by atoms with E-state index in [1.165, 1.54) is 5.56 Å². The summed E-state index contributed by atoms with van der Waals surface area (Å²) >= 11 is 0. The summed E-state index contributed by atoms with van der Waals surface area (Å²) in [7, 11) is 0. The Morgan fingerprint density at radius 3 is 2.57 bits per heavy atom. The fourth-order valence-electron chi connectivity index (χ4n) is 5.19. The number of aryl methyl sites for hydroxylation is 1. The largest absolute Gasteiger partial charge is 0.396 e. The summed E-state index contributed by atoms with van der Waals surface area (Å²) in [5.74, 6) is 0.0610. The first kappa shape index (κ1) is 27.2. The van der Waals surface area contributed by atoms with Crippen molar-refractivity contribution < 1.29 is 14.7 Å². The van der Waals surface area contributed by atoms with E-state index in [1.807, 2.05) is 24.8 Å². The number of nitrogens with zero attached hydrogens (tertiary/aromatic N) is 3. The van der Waals surface area contributed by atoms with E-state index >= 15 is 0 Å². The van der Waals surface area contributed by atoms with Gasteiger partial charge in [-0.2, -0.15) is 0 Å². The van der Waals surface area contributed by atoms with Gasteiger partial charge in [0, 0.05) is 26.2 Å². The molecule has 2 saturated heterocycles. The lowest BCUT2D eigenvalue weighted by atomic mass is 9.99. The van der Waals surface area contributed by atoms with Gasteiger partial charge in [0.15, 0.2) is 0 Å². The summed E-state index contributed by atoms with van der Waals surface area (Å²) in [6, 6.07) is 8.51. The van der Waals surface area contributed by atoms with Gasteiger partial charge in [-0.05, 0) is 43.7 Å². The molecule has 0 aromatic heterocycles. The highest BCUT2D eigenvalue weighted by molar-refractivity contribution is 5.96. The number of likely N-dealkylation sites (tertiary alicyclic amines) is 1. The number of unbranched alkanes of at least 4 members (excludes halogenated alkanes) is 2. The Morgan fingerprint density at radius 2 is 1.89 bits per heavy atom. The maximum Gasteiger partial charge on any atom is 0.271 e. The van der Waals surface area contributed by atoms with Crippen LogP contribution in [0.3, 0.4) is 0 Å². The third-order valence-electron chi connectivity index (χ3n) is 7.20. The SMILES string of the molecule is CC.CCCCCC1CN(CC(=O)N2CCCC(CO)C2)C(=O)C2=CC(c3ccc(C)cc3)NN21. The van der Waals surface area contributed by atoms with Crippen LogP contribution in [0.1, 0.15) is 76.5 Å². The van der Waals surface area contributed by atoms with Crippen LogP contribution < -0.4 is 5.43 Å². The van der Waals surface area contributed by atoms with Gasteiger partial charge in [-0.15, -0.1) is 0 Å². The number of hydrogen-bond acceptors (Lipinski definition) is 5. The Bertz CT molecular complexity index is 869. The Kier molecular flexibility index (Phi) is 10.2. The first-order valence-corrected chi connectivity index (χ1v) is 13.5. The molecule has 2 N–H and O–H groups in total. The maximum atomic E-state index is 13.4. The van der Waals surface area contributed by atoms with Gasteiger partial charge in [-0.25, -0.2) is 5.43 Å². The molecule has 1 aromatic rings. The van der Waals surface area contributed by atoms with Crippen LogP contribution in [0.2, 0.25) is 0 Å². The molecule has 0 aliphatic carbocycles. The van der Waals surface area contributed by atoms with Gasteiger partial charge >= 0.3 is 0 Å². The number of piperidine rings is 1. The van der Waals surface area contributed by atoms with Crippen LogP contribution in [-0.2, 0) is 9.59 Å². The van der Waals surface area contributed by atoms with Crippen molar-refractivity contribution in [2.75, 3.05) is 32.8 Å². The number of benzene rings is 1. The lowest BCUT2D eigenvalue weighted by Gasteiger charge is -2.42. The van der Waals surface area contributed by atoms with Crippen molar-refractivity contribution in [2.24, 2.45) is 5.92 Å². The van der Waals surface area contributed by atoms with E-state index in [2.05, 4.69) is 48.5 Å². The third-order valence-corrected chi connectivity index (χ3v) is 7.20. The Labute approximate surface area is 211 Å². The van der Waals surface area contributed by atoms with Gasteiger partial charge < -0.3 is 14.9 Å². The van der Waals surface area contributed by atoms with Gasteiger partial charge in [0.25, 0.3) is 5.91 Å². The van der Waals surface area contributed by atoms with Crippen LogP contribution in [-0.4, -0.2) is 70.6 Å². The van der Waals surface area contributed by atoms with Crippen LogP contribution in [0.15, 0.2) is 36.0 Å². The molecule has 3 aliphatic heterocycles. The zero-order valence-electron chi connectivity index (χ0n) is 22.0. The van der Waals surface area contributed by atoms with E-state index < -0.39 is 0 Å². The smallest absolute Gasteiger partial charge is 0.271 e. The van der Waals surface area contributed by atoms with Crippen molar-refractivity contribution in [1.82, 2.24) is 20.2 Å². The van der Waals surface area contributed by atoms with Crippen molar-refractivity contribution in [3.8, 4) is 0 Å². The normalized spacial score (nSPS) is 24.0. The zero-order chi connectivity index (χ0) is 25.4. The van der Waals surface area contributed by atoms with Gasteiger partial charge in [0.2, 0.25) is 5.91 Å². The number of hydrogen-bond donors (Lipinski definition) is 2. The summed E-state index contributed by atoms with van der Waals surface area (Å²) in [6.07, 6.45) is 8.27. The van der Waals surface area contributed by atoms with Gasteiger partial charge in [-0.1, -0.05) is 69.9 Å². The molecule has 7 heteroatoms. The topological polar surface area (TPSA) is 76.1 Å². The van der Waals surface area contributed by atoms with E-state index in [4.69, 9.17) is 0 Å². The van der Waals surface area contributed by atoms with Crippen LogP contribution in [0.25, 0.3) is 0 Å². The fraction of sp³-hybridized carbons (Fsp3) is 0.643. The zero-order valence-corrected chi connectivity index (χ0v) is 22.0. The minimum absolute atomic E-state index is 0.0103. The Morgan fingerprint density at radius 1 is 1.14 bits per heavy atom. The third kappa shape index (κ3) is 6.64. The molecular formula is C28H44N4O3. The summed E-state index contributed by atoms with van der Waals surface area (Å²) in [4.78, 5) is 30.0. The number of carbonyl (C=O) groups is 2. The molecule has 3 unspecified atom stereocenters. The molecule has 1 aromatic carbocycles. The lowest BCUT2D eigenvalue weighted by Crippen LogP contribution is -2.58. The number of rotatable bonds is 8. The second-order valence-corrected chi connectivity index (χ2v) is 9.81. The number of fused-ring (bicyclic) bond motifs is 1. The molecule has 0 bridgehead atoms. The molecule has 0 spiro atoms. The molecule has 4 rings (SSSR count). The van der Waals surface area contributed by atoms with Gasteiger partial charge in [0.1, 0.15) is 12.2 Å². The van der Waals surface area contributed by atoms with Crippen LogP contribution in [0.4, 0.5) is 0 Å². The molecule has 2 amide bonds. The highest BCUT2D eigenvalue weighted by Crippen LogP contribution is 2.32. The summed E-state index contributed by atoms with van der Waals surface area (Å²) in [5, 5.41) is 11.6. The average Bonchev–Trinajstić information content (AvgIpc) is 3.34. The van der Waals surface area contributed by atoms with Crippen molar-refractivity contribution >= 4 is 11.8 Å². The number of amides is 2. The molecule has 3 aliphatic rings. The monoisotopic (exact) mass is 484 g/mol. The van der Waals surface area contributed by atoms with E-state index in [1.54, 1.807) is 4.90 Å². The molecule has 35 heavy (non-hydrogen) atoms. The number of carbonyl (C=O) groups excluding carboxylic acids is 2. The van der Waals surface area contributed by atoms with Crippen molar-refractivity contribution in [1.29, 1.82) is 0 Å². The molecule has 3 heterocycles. The quantitative estimate of drug-likeness (QED) is 0.549. The Hall–Kier alpha value is -2.38. The van der Waals surface area contributed by atoms with Crippen molar-refractivity contribution in [3.05, 3.63) is 47.2 Å². The molecule has 0 saturated carbocycles. The second-order valence-electron chi connectivity index (χ2n) is 9.81. The fourth-order valence-corrected chi connectivity index (χ4v) is 5.19. The van der Waals surface area contributed by atoms with Crippen LogP contribution in [0, 0.1) is 12.8 Å². The summed E-state index contributed by atoms with van der Waals surface area (Å²) in [5.41, 5.74) is 6.56. The predicted octanol–water partition coefficient (Wildman–Crippen LogP) is 3.79. The first-order chi connectivity index (χ1) is 17.0. The van der Waals surface area contributed by atoms with E-state index in [0.29, 0.717) is 25.3 Å². The number of aliphatic hydroxyl groups excluding tert-OH is 1. The van der Waals surface area contributed by atoms with Gasteiger partial charge in [0.05, 0.1) is 12.1 Å². The number of piperazine rings is 1. The minimum Gasteiger partial charge on any atom is -0.396 e. The summed E-state index contributed by atoms with van der Waals surface area (Å²) in [6.45, 7) is 10.3.